The van der Waals surface area contributed by atoms with E-state index in [1.807, 2.05) is 39.1 Å². The molecular weight excluding hydrogens is 454 g/mol. The summed E-state index contributed by atoms with van der Waals surface area (Å²) in [6.07, 6.45) is 4.60. The molecular formula is C30H43NO5. The van der Waals surface area contributed by atoms with Gasteiger partial charge in [0.05, 0.1) is 29.7 Å². The Hall–Kier alpha value is -2.31. The summed E-state index contributed by atoms with van der Waals surface area (Å²) in [5.74, 6) is -1.48. The normalized spacial score (nSPS) is 34.1. The largest absolute Gasteiger partial charge is 0.457 e. The van der Waals surface area contributed by atoms with Crippen LogP contribution in [0.1, 0.15) is 84.9 Å². The first-order chi connectivity index (χ1) is 16.8. The van der Waals surface area contributed by atoms with Crippen LogP contribution in [0.3, 0.4) is 0 Å². The second-order valence-corrected chi connectivity index (χ2v) is 11.6. The maximum absolute atomic E-state index is 13.2. The maximum Gasteiger partial charge on any atom is 0.309 e. The third-order valence-electron chi connectivity index (χ3n) is 8.28. The highest BCUT2D eigenvalue weighted by Crippen LogP contribution is 2.41. The zero-order valence-corrected chi connectivity index (χ0v) is 22.9. The van der Waals surface area contributed by atoms with Gasteiger partial charge >= 0.3 is 5.97 Å². The molecule has 3 rings (SSSR count). The molecule has 0 bridgehead atoms. The summed E-state index contributed by atoms with van der Waals surface area (Å²) in [5, 5.41) is 21.8. The first-order valence-corrected chi connectivity index (χ1v) is 13.2. The summed E-state index contributed by atoms with van der Waals surface area (Å²) < 4.78 is 5.99. The fraction of sp³-hybridized carbons (Fsp3) is 0.633. The first kappa shape index (κ1) is 28.3. The van der Waals surface area contributed by atoms with Gasteiger partial charge in [-0.2, -0.15) is 0 Å². The van der Waals surface area contributed by atoms with Crippen molar-refractivity contribution < 1.29 is 24.5 Å². The van der Waals surface area contributed by atoms with Gasteiger partial charge < -0.3 is 14.9 Å². The number of hydrogen-bond acceptors (Lipinski definition) is 6. The quantitative estimate of drug-likeness (QED) is 0.409. The molecule has 0 saturated carbocycles. The zero-order valence-electron chi connectivity index (χ0n) is 22.9. The molecule has 1 aromatic heterocycles. The van der Waals surface area contributed by atoms with E-state index >= 15 is 0 Å². The number of carbonyl (C=O) groups is 2. The van der Waals surface area contributed by atoms with Crippen LogP contribution in [-0.2, 0) is 14.3 Å². The number of pyridine rings is 1. The summed E-state index contributed by atoms with van der Waals surface area (Å²) in [5.41, 5.74) is 4.06. The zero-order chi connectivity index (χ0) is 26.8. The SMILES string of the molecule is CC1=C(c2ccc(C)cn2)CC2/C=C(\C)CCCC(C)C(O)C(C)C(=O)C(C)(C)[C@@H](O)CC(=O)OC12. The number of hydrogen-bond donors (Lipinski definition) is 2. The fourth-order valence-corrected chi connectivity index (χ4v) is 5.60. The molecule has 2 aliphatic rings. The smallest absolute Gasteiger partial charge is 0.309 e. The molecule has 2 N–H and O–H groups in total. The Morgan fingerprint density at radius 1 is 1.06 bits per heavy atom. The summed E-state index contributed by atoms with van der Waals surface area (Å²) in [6.45, 7) is 13.1. The molecule has 1 aliphatic heterocycles. The van der Waals surface area contributed by atoms with Gasteiger partial charge in [0, 0.05) is 18.0 Å². The minimum Gasteiger partial charge on any atom is -0.457 e. The van der Waals surface area contributed by atoms with E-state index in [0.717, 1.165) is 48.1 Å². The van der Waals surface area contributed by atoms with Crippen molar-refractivity contribution in [3.8, 4) is 0 Å². The molecule has 6 heteroatoms. The predicted octanol–water partition coefficient (Wildman–Crippen LogP) is 5.20. The third-order valence-corrected chi connectivity index (χ3v) is 8.28. The number of Topliss-reactive ketones (excluding diaryl/α,β-unsaturated/α-hetero) is 1. The highest BCUT2D eigenvalue weighted by Gasteiger charge is 2.43. The molecule has 0 amide bonds. The topological polar surface area (TPSA) is 96.7 Å². The molecule has 0 fully saturated rings. The van der Waals surface area contributed by atoms with Crippen molar-refractivity contribution in [1.29, 1.82) is 0 Å². The van der Waals surface area contributed by atoms with Gasteiger partial charge in [-0.05, 0) is 75.1 Å². The van der Waals surface area contributed by atoms with Crippen LogP contribution in [0.2, 0.25) is 0 Å². The number of rotatable bonds is 1. The minimum atomic E-state index is -1.21. The summed E-state index contributed by atoms with van der Waals surface area (Å²) in [4.78, 5) is 30.9. The van der Waals surface area contributed by atoms with Crippen molar-refractivity contribution >= 4 is 17.3 Å². The Bertz CT molecular complexity index is 1020. The van der Waals surface area contributed by atoms with E-state index in [1.54, 1.807) is 20.8 Å². The van der Waals surface area contributed by atoms with Gasteiger partial charge in [0.2, 0.25) is 0 Å². The number of carbonyl (C=O) groups excluding carboxylic acids is 2. The Labute approximate surface area is 215 Å². The van der Waals surface area contributed by atoms with Crippen molar-refractivity contribution in [1.82, 2.24) is 4.98 Å². The van der Waals surface area contributed by atoms with E-state index in [0.29, 0.717) is 0 Å². The van der Waals surface area contributed by atoms with E-state index in [4.69, 9.17) is 4.74 Å². The van der Waals surface area contributed by atoms with Crippen molar-refractivity contribution in [3.05, 3.63) is 46.8 Å². The van der Waals surface area contributed by atoms with Gasteiger partial charge in [0.25, 0.3) is 0 Å². The van der Waals surface area contributed by atoms with Crippen LogP contribution < -0.4 is 0 Å². The van der Waals surface area contributed by atoms with Crippen LogP contribution in [0.15, 0.2) is 35.6 Å². The standard InChI is InChI=1S/C30H43NO5/c1-17-9-8-10-19(3)27(34)21(5)29(35)30(6,7)25(32)15-26(33)36-28-20(4)23(14-22(28)13-17)24-12-11-18(2)16-31-24/h11-13,16,19,21-22,25,27-28,32,34H,8-10,14-15H2,1-7H3/b17-13+/t19?,21?,22?,25-,27?,28?/m0/s1. The number of ketones is 1. The number of aryl methyl sites for hydroxylation is 1. The van der Waals surface area contributed by atoms with Gasteiger partial charge in [-0.1, -0.05) is 45.4 Å². The average molecular weight is 498 g/mol. The minimum absolute atomic E-state index is 0.0187. The van der Waals surface area contributed by atoms with Gasteiger partial charge in [-0.15, -0.1) is 0 Å². The molecule has 1 aromatic rings. The highest BCUT2D eigenvalue weighted by atomic mass is 16.5. The molecule has 5 unspecified atom stereocenters. The number of allylic oxidation sites excluding steroid dienone is 2. The highest BCUT2D eigenvalue weighted by molar-refractivity contribution is 5.88. The molecule has 0 spiro atoms. The molecule has 6 nitrogen and oxygen atoms in total. The number of aliphatic hydroxyl groups excluding tert-OH is 2. The molecule has 0 radical (unpaired) electrons. The molecule has 198 valence electrons. The number of fused-ring (bicyclic) bond motifs is 1. The van der Waals surface area contributed by atoms with Crippen molar-refractivity contribution in [2.24, 2.45) is 23.2 Å². The van der Waals surface area contributed by atoms with Crippen LogP contribution in [0, 0.1) is 30.1 Å². The lowest BCUT2D eigenvalue weighted by Crippen LogP contribution is -2.45. The van der Waals surface area contributed by atoms with E-state index in [2.05, 4.69) is 18.0 Å². The second kappa shape index (κ2) is 11.4. The number of aromatic nitrogens is 1. The Morgan fingerprint density at radius 2 is 1.75 bits per heavy atom. The Kier molecular flexibility index (Phi) is 8.94. The van der Waals surface area contributed by atoms with E-state index < -0.39 is 35.6 Å². The summed E-state index contributed by atoms with van der Waals surface area (Å²) in [6, 6.07) is 4.04. The molecule has 1 aliphatic carbocycles. The molecule has 36 heavy (non-hydrogen) atoms. The predicted molar refractivity (Wildman–Crippen MR) is 141 cm³/mol. The van der Waals surface area contributed by atoms with Gasteiger partial charge in [-0.25, -0.2) is 0 Å². The molecule has 0 saturated heterocycles. The van der Waals surface area contributed by atoms with Gasteiger partial charge in [0.15, 0.2) is 0 Å². The van der Waals surface area contributed by atoms with Gasteiger partial charge in [0.1, 0.15) is 11.9 Å². The van der Waals surface area contributed by atoms with Gasteiger partial charge in [-0.3, -0.25) is 14.6 Å². The number of nitrogens with zero attached hydrogens (tertiary/aromatic N) is 1. The summed E-state index contributed by atoms with van der Waals surface area (Å²) in [7, 11) is 0. The number of esters is 1. The van der Waals surface area contributed by atoms with Crippen molar-refractivity contribution in [3.63, 3.8) is 0 Å². The monoisotopic (exact) mass is 497 g/mol. The molecule has 2 heterocycles. The van der Waals surface area contributed by atoms with Crippen LogP contribution in [0.4, 0.5) is 0 Å². The Morgan fingerprint density at radius 3 is 2.39 bits per heavy atom. The third kappa shape index (κ3) is 6.15. The molecule has 6 atom stereocenters. The molecule has 0 aromatic carbocycles. The fourth-order valence-electron chi connectivity index (χ4n) is 5.60. The van der Waals surface area contributed by atoms with E-state index in [1.165, 1.54) is 5.57 Å². The second-order valence-electron chi connectivity index (χ2n) is 11.6. The maximum atomic E-state index is 13.2. The van der Waals surface area contributed by atoms with Crippen LogP contribution in [0.5, 0.6) is 0 Å². The van der Waals surface area contributed by atoms with Crippen LogP contribution in [-0.4, -0.2) is 45.3 Å². The lowest BCUT2D eigenvalue weighted by molar-refractivity contribution is -0.155. The average Bonchev–Trinajstić information content (AvgIpc) is 3.11. The number of aliphatic hydroxyl groups is 2. The first-order valence-electron chi connectivity index (χ1n) is 13.2. The van der Waals surface area contributed by atoms with E-state index in [-0.39, 0.29) is 24.0 Å². The van der Waals surface area contributed by atoms with Crippen LogP contribution >= 0.6 is 0 Å². The lowest BCUT2D eigenvalue weighted by Gasteiger charge is -2.34. The van der Waals surface area contributed by atoms with Crippen molar-refractivity contribution in [2.45, 2.75) is 98.9 Å². The van der Waals surface area contributed by atoms with Crippen LogP contribution in [0.25, 0.3) is 5.57 Å². The van der Waals surface area contributed by atoms with E-state index in [9.17, 15) is 19.8 Å². The summed E-state index contributed by atoms with van der Waals surface area (Å²) >= 11 is 0. The Balaban J connectivity index is 1.95. The van der Waals surface area contributed by atoms with Crippen molar-refractivity contribution in [2.75, 3.05) is 0 Å². The lowest BCUT2D eigenvalue weighted by atomic mass is 9.73. The number of ether oxygens (including phenoxy) is 1.